The van der Waals surface area contributed by atoms with Crippen LogP contribution in [-0.4, -0.2) is 19.0 Å². The second-order valence-electron chi connectivity index (χ2n) is 9.75. The van der Waals surface area contributed by atoms with Crippen molar-refractivity contribution >= 4 is 5.78 Å². The lowest BCUT2D eigenvalue weighted by atomic mass is 9.66. The minimum atomic E-state index is -0.676. The molecule has 0 heterocycles. The highest BCUT2D eigenvalue weighted by Gasteiger charge is 2.43. The highest BCUT2D eigenvalue weighted by molar-refractivity contribution is 5.85. The lowest BCUT2D eigenvalue weighted by molar-refractivity contribution is -0.277. The average Bonchev–Trinajstić information content (AvgIpc) is 2.74. The van der Waals surface area contributed by atoms with Gasteiger partial charge < -0.3 is 9.47 Å². The highest BCUT2D eigenvalue weighted by Crippen LogP contribution is 2.45. The molecule has 1 unspecified atom stereocenters. The number of carbonyl (C=O) groups excluding carboxylic acids is 1. The summed E-state index contributed by atoms with van der Waals surface area (Å²) in [5, 5.41) is 0. The van der Waals surface area contributed by atoms with Gasteiger partial charge in [-0.1, -0.05) is 89.1 Å². The Morgan fingerprint density at radius 2 is 1.45 bits per heavy atom. The molecule has 3 nitrogen and oxygen atoms in total. The van der Waals surface area contributed by atoms with Crippen molar-refractivity contribution in [3.05, 3.63) is 35.9 Å². The van der Waals surface area contributed by atoms with Crippen molar-refractivity contribution in [1.82, 2.24) is 0 Å². The molecule has 1 atom stereocenters. The Morgan fingerprint density at radius 1 is 0.871 bits per heavy atom. The molecule has 1 fully saturated rings. The summed E-state index contributed by atoms with van der Waals surface area (Å²) in [6.07, 6.45) is 13.8. The van der Waals surface area contributed by atoms with Crippen LogP contribution in [0.1, 0.15) is 110 Å². The molecule has 1 aliphatic rings. The second-order valence-corrected chi connectivity index (χ2v) is 9.75. The predicted octanol–water partition coefficient (Wildman–Crippen LogP) is 7.82. The van der Waals surface area contributed by atoms with Gasteiger partial charge in [0.1, 0.15) is 5.78 Å². The number of hydrogen-bond acceptors (Lipinski definition) is 3. The maximum Gasteiger partial charge on any atom is 0.197 e. The van der Waals surface area contributed by atoms with Gasteiger partial charge in [-0.05, 0) is 38.5 Å². The van der Waals surface area contributed by atoms with Gasteiger partial charge in [-0.3, -0.25) is 4.79 Å². The Hall–Kier alpha value is -1.19. The Balaban J connectivity index is 2.13. The first kappa shape index (κ1) is 26.1. The van der Waals surface area contributed by atoms with Crippen molar-refractivity contribution < 1.29 is 14.3 Å². The first-order valence-corrected chi connectivity index (χ1v) is 12.8. The van der Waals surface area contributed by atoms with Crippen LogP contribution in [0.2, 0.25) is 0 Å². The van der Waals surface area contributed by atoms with E-state index in [1.165, 1.54) is 38.5 Å². The zero-order valence-electron chi connectivity index (χ0n) is 20.6. The molecule has 0 bridgehead atoms. The first-order valence-electron chi connectivity index (χ1n) is 12.8. The van der Waals surface area contributed by atoms with E-state index >= 15 is 0 Å². The fraction of sp³-hybridized carbons (Fsp3) is 0.750. The smallest absolute Gasteiger partial charge is 0.197 e. The standard InChI is InChI=1S/C28H46O3/c1-5-8-9-10-11-13-17-25(20-16-21-27(4)22-26(29)23-27)28(30-6-2,31-7-3)24-18-14-12-15-19-24/h12,14-15,18-19,25H,5-11,13,16-17,20-23H2,1-4H3. The van der Waals surface area contributed by atoms with Gasteiger partial charge in [0.05, 0.1) is 0 Å². The van der Waals surface area contributed by atoms with E-state index in [0.29, 0.717) is 24.9 Å². The SMILES string of the molecule is CCCCCCCCC(CCCC1(C)CC(=O)C1)C(OCC)(OCC)c1ccccc1. The summed E-state index contributed by atoms with van der Waals surface area (Å²) in [4.78, 5) is 11.5. The molecule has 1 aliphatic carbocycles. The molecule has 176 valence electrons. The lowest BCUT2D eigenvalue weighted by Crippen LogP contribution is -2.42. The summed E-state index contributed by atoms with van der Waals surface area (Å²) >= 11 is 0. The summed E-state index contributed by atoms with van der Waals surface area (Å²) in [6.45, 7) is 9.94. The first-order chi connectivity index (χ1) is 15.0. The number of benzene rings is 1. The normalized spacial score (nSPS) is 16.8. The molecule has 2 rings (SSSR count). The lowest BCUT2D eigenvalue weighted by Gasteiger charge is -2.42. The Morgan fingerprint density at radius 3 is 2.03 bits per heavy atom. The largest absolute Gasteiger partial charge is 0.346 e. The summed E-state index contributed by atoms with van der Waals surface area (Å²) < 4.78 is 13.0. The molecule has 0 aliphatic heterocycles. The molecule has 1 aromatic rings. The summed E-state index contributed by atoms with van der Waals surface area (Å²) in [5.41, 5.74) is 1.36. The van der Waals surface area contributed by atoms with Crippen molar-refractivity contribution in [1.29, 1.82) is 0 Å². The Kier molecular flexibility index (Phi) is 11.2. The van der Waals surface area contributed by atoms with E-state index in [1.54, 1.807) is 0 Å². The molecule has 0 N–H and O–H groups in total. The third kappa shape index (κ3) is 7.71. The number of carbonyl (C=O) groups is 1. The van der Waals surface area contributed by atoms with Crippen LogP contribution >= 0.6 is 0 Å². The molecular weight excluding hydrogens is 384 g/mol. The maximum atomic E-state index is 11.5. The summed E-state index contributed by atoms with van der Waals surface area (Å²) in [7, 11) is 0. The minimum Gasteiger partial charge on any atom is -0.346 e. The van der Waals surface area contributed by atoms with Crippen LogP contribution in [0.15, 0.2) is 30.3 Å². The maximum absolute atomic E-state index is 11.5. The van der Waals surface area contributed by atoms with Crippen LogP contribution < -0.4 is 0 Å². The van der Waals surface area contributed by atoms with Crippen LogP contribution in [0.3, 0.4) is 0 Å². The fourth-order valence-electron chi connectivity index (χ4n) is 5.33. The molecule has 3 heteroatoms. The van der Waals surface area contributed by atoms with Crippen molar-refractivity contribution in [3.63, 3.8) is 0 Å². The molecule has 0 radical (unpaired) electrons. The number of hydrogen-bond donors (Lipinski definition) is 0. The molecule has 1 saturated carbocycles. The van der Waals surface area contributed by atoms with E-state index in [2.05, 4.69) is 58.0 Å². The number of ketones is 1. The monoisotopic (exact) mass is 430 g/mol. The fourth-order valence-corrected chi connectivity index (χ4v) is 5.33. The van der Waals surface area contributed by atoms with Crippen LogP contribution in [-0.2, 0) is 20.1 Å². The van der Waals surface area contributed by atoms with E-state index in [9.17, 15) is 4.79 Å². The molecule has 0 saturated heterocycles. The van der Waals surface area contributed by atoms with Crippen molar-refractivity contribution in [3.8, 4) is 0 Å². The molecular formula is C28H46O3. The van der Waals surface area contributed by atoms with E-state index < -0.39 is 5.79 Å². The van der Waals surface area contributed by atoms with Gasteiger partial charge >= 0.3 is 0 Å². The van der Waals surface area contributed by atoms with Crippen molar-refractivity contribution in [2.75, 3.05) is 13.2 Å². The quantitative estimate of drug-likeness (QED) is 0.187. The van der Waals surface area contributed by atoms with Crippen LogP contribution in [0.25, 0.3) is 0 Å². The topological polar surface area (TPSA) is 35.5 Å². The zero-order chi connectivity index (χ0) is 22.6. The molecule has 0 aromatic heterocycles. The summed E-state index contributed by atoms with van der Waals surface area (Å²) in [6, 6.07) is 10.6. The van der Waals surface area contributed by atoms with Crippen molar-refractivity contribution in [2.45, 2.75) is 111 Å². The predicted molar refractivity (Wildman–Crippen MR) is 129 cm³/mol. The van der Waals surface area contributed by atoms with E-state index in [0.717, 1.165) is 44.1 Å². The number of ether oxygens (including phenoxy) is 2. The van der Waals surface area contributed by atoms with Crippen molar-refractivity contribution in [2.24, 2.45) is 11.3 Å². The molecule has 31 heavy (non-hydrogen) atoms. The minimum absolute atomic E-state index is 0.217. The van der Waals surface area contributed by atoms with E-state index in [1.807, 2.05) is 0 Å². The van der Waals surface area contributed by atoms with Gasteiger partial charge in [-0.2, -0.15) is 0 Å². The van der Waals surface area contributed by atoms with Crippen LogP contribution in [0.5, 0.6) is 0 Å². The number of unbranched alkanes of at least 4 members (excludes halogenated alkanes) is 5. The van der Waals surface area contributed by atoms with Gasteiger partial charge in [0.15, 0.2) is 5.79 Å². The van der Waals surface area contributed by atoms with Gasteiger partial charge in [0.2, 0.25) is 0 Å². The Bertz CT molecular complexity index is 610. The van der Waals surface area contributed by atoms with Crippen LogP contribution in [0, 0.1) is 11.3 Å². The van der Waals surface area contributed by atoms with E-state index in [4.69, 9.17) is 9.47 Å². The Labute approximate surface area is 191 Å². The van der Waals surface area contributed by atoms with E-state index in [-0.39, 0.29) is 5.41 Å². The van der Waals surface area contributed by atoms with Gasteiger partial charge in [0, 0.05) is 37.5 Å². The second kappa shape index (κ2) is 13.4. The molecule has 0 amide bonds. The summed E-state index contributed by atoms with van der Waals surface area (Å²) in [5.74, 6) is 0.0681. The van der Waals surface area contributed by atoms with Gasteiger partial charge in [-0.25, -0.2) is 0 Å². The van der Waals surface area contributed by atoms with Gasteiger partial charge in [-0.15, -0.1) is 0 Å². The molecule has 0 spiro atoms. The average molecular weight is 431 g/mol. The third-order valence-electron chi connectivity index (χ3n) is 6.92. The molecule has 1 aromatic carbocycles. The zero-order valence-corrected chi connectivity index (χ0v) is 20.6. The van der Waals surface area contributed by atoms with Crippen LogP contribution in [0.4, 0.5) is 0 Å². The third-order valence-corrected chi connectivity index (χ3v) is 6.92. The highest BCUT2D eigenvalue weighted by atomic mass is 16.7. The number of Topliss-reactive ketones (excluding diaryl/α,β-unsaturated/α-hetero) is 1. The number of rotatable bonds is 17. The van der Waals surface area contributed by atoms with Gasteiger partial charge in [0.25, 0.3) is 0 Å².